The minimum atomic E-state index is 0.241. The van der Waals surface area contributed by atoms with Gasteiger partial charge in [0.1, 0.15) is 0 Å². The van der Waals surface area contributed by atoms with E-state index in [-0.39, 0.29) is 5.41 Å². The van der Waals surface area contributed by atoms with Gasteiger partial charge in [-0.1, -0.05) is 39.3 Å². The number of benzene rings is 1. The Morgan fingerprint density at radius 1 is 1.16 bits per heavy atom. The summed E-state index contributed by atoms with van der Waals surface area (Å²) in [6, 6.07) is 9.60. The second kappa shape index (κ2) is 6.42. The van der Waals surface area contributed by atoms with Crippen LogP contribution in [0.2, 0.25) is 0 Å². The van der Waals surface area contributed by atoms with Crippen molar-refractivity contribution in [1.82, 2.24) is 5.32 Å². The van der Waals surface area contributed by atoms with Crippen molar-refractivity contribution in [2.24, 2.45) is 0 Å². The molecule has 1 aliphatic heterocycles. The molecule has 1 fully saturated rings. The van der Waals surface area contributed by atoms with Crippen molar-refractivity contribution in [2.75, 3.05) is 18.4 Å². The maximum atomic E-state index is 3.59. The molecule has 1 unspecified atom stereocenters. The molecule has 0 amide bonds. The third kappa shape index (κ3) is 4.54. The molecule has 1 atom stereocenters. The number of hydrogen-bond donors (Lipinski definition) is 2. The predicted octanol–water partition coefficient (Wildman–Crippen LogP) is 3.93. The van der Waals surface area contributed by atoms with E-state index in [4.69, 9.17) is 0 Å². The van der Waals surface area contributed by atoms with E-state index >= 15 is 0 Å². The van der Waals surface area contributed by atoms with E-state index in [1.54, 1.807) is 0 Å². The number of piperidine rings is 1. The van der Waals surface area contributed by atoms with Crippen LogP contribution in [0.3, 0.4) is 0 Å². The lowest BCUT2D eigenvalue weighted by Gasteiger charge is -2.23. The highest BCUT2D eigenvalue weighted by atomic mass is 14.9. The van der Waals surface area contributed by atoms with Gasteiger partial charge in [-0.05, 0) is 48.9 Å². The average Bonchev–Trinajstić information content (AvgIpc) is 2.39. The lowest BCUT2D eigenvalue weighted by Crippen LogP contribution is -2.35. The van der Waals surface area contributed by atoms with Gasteiger partial charge in [0.05, 0.1) is 0 Å². The lowest BCUT2D eigenvalue weighted by atomic mass is 9.87. The van der Waals surface area contributed by atoms with Gasteiger partial charge in [0.2, 0.25) is 0 Å². The van der Waals surface area contributed by atoms with Crippen molar-refractivity contribution < 1.29 is 0 Å². The second-order valence-electron chi connectivity index (χ2n) is 6.69. The summed E-state index contributed by atoms with van der Waals surface area (Å²) in [6.45, 7) is 9.02. The van der Waals surface area contributed by atoms with Crippen LogP contribution >= 0.6 is 0 Å². The molecule has 2 nitrogen and oxygen atoms in total. The Morgan fingerprint density at radius 3 is 2.47 bits per heavy atom. The van der Waals surface area contributed by atoms with Crippen LogP contribution in [0.15, 0.2) is 24.3 Å². The first-order valence-electron chi connectivity index (χ1n) is 7.63. The summed E-state index contributed by atoms with van der Waals surface area (Å²) in [5.41, 5.74) is 2.88. The van der Waals surface area contributed by atoms with Crippen molar-refractivity contribution in [3.05, 3.63) is 29.8 Å². The summed E-state index contributed by atoms with van der Waals surface area (Å²) in [7, 11) is 0. The van der Waals surface area contributed by atoms with Crippen LogP contribution in [0, 0.1) is 0 Å². The van der Waals surface area contributed by atoms with Crippen molar-refractivity contribution in [3.8, 4) is 0 Å². The molecule has 0 bridgehead atoms. The molecule has 106 valence electrons. The molecule has 2 N–H and O–H groups in total. The van der Waals surface area contributed by atoms with E-state index < -0.39 is 0 Å². The molecular weight excluding hydrogens is 232 g/mol. The summed E-state index contributed by atoms with van der Waals surface area (Å²) in [6.07, 6.45) is 5.29. The molecule has 1 aromatic carbocycles. The van der Waals surface area contributed by atoms with E-state index in [1.807, 2.05) is 0 Å². The van der Waals surface area contributed by atoms with Gasteiger partial charge in [-0.15, -0.1) is 0 Å². The highest BCUT2D eigenvalue weighted by molar-refractivity contribution is 5.45. The molecule has 1 saturated heterocycles. The van der Waals surface area contributed by atoms with E-state index in [2.05, 4.69) is 55.7 Å². The van der Waals surface area contributed by atoms with Gasteiger partial charge in [0.25, 0.3) is 0 Å². The molecule has 0 aliphatic carbocycles. The topological polar surface area (TPSA) is 24.1 Å². The second-order valence-corrected chi connectivity index (χ2v) is 6.69. The average molecular weight is 260 g/mol. The zero-order valence-electron chi connectivity index (χ0n) is 12.6. The zero-order chi connectivity index (χ0) is 13.7. The first-order valence-corrected chi connectivity index (χ1v) is 7.63. The number of anilines is 1. The van der Waals surface area contributed by atoms with Crippen LogP contribution in [0.4, 0.5) is 5.69 Å². The summed E-state index contributed by atoms with van der Waals surface area (Å²) in [5.74, 6) is 0. The maximum Gasteiger partial charge on any atom is 0.0340 e. The predicted molar refractivity (Wildman–Crippen MR) is 83.9 cm³/mol. The number of rotatable bonds is 4. The molecule has 1 heterocycles. The molecule has 2 heteroatoms. The lowest BCUT2D eigenvalue weighted by molar-refractivity contribution is 0.389. The Bertz CT molecular complexity index is 369. The van der Waals surface area contributed by atoms with Crippen molar-refractivity contribution >= 4 is 5.69 Å². The Kier molecular flexibility index (Phi) is 4.87. The first kappa shape index (κ1) is 14.4. The highest BCUT2D eigenvalue weighted by Crippen LogP contribution is 2.23. The smallest absolute Gasteiger partial charge is 0.0340 e. The van der Waals surface area contributed by atoms with Crippen LogP contribution in [0.1, 0.15) is 52.0 Å². The molecule has 1 aromatic rings. The summed E-state index contributed by atoms with van der Waals surface area (Å²) < 4.78 is 0. The fraction of sp³-hybridized carbons (Fsp3) is 0.647. The molecule has 19 heavy (non-hydrogen) atoms. The zero-order valence-corrected chi connectivity index (χ0v) is 12.6. The van der Waals surface area contributed by atoms with Crippen molar-refractivity contribution in [1.29, 1.82) is 0 Å². The van der Waals surface area contributed by atoms with E-state index in [0.717, 1.165) is 12.6 Å². The van der Waals surface area contributed by atoms with Crippen LogP contribution in [-0.2, 0) is 5.41 Å². The molecule has 0 aromatic heterocycles. The van der Waals surface area contributed by atoms with Gasteiger partial charge in [0.15, 0.2) is 0 Å². The fourth-order valence-corrected chi connectivity index (χ4v) is 2.65. The summed E-state index contributed by atoms with van der Waals surface area (Å²) >= 11 is 0. The normalized spacial score (nSPS) is 20.3. The van der Waals surface area contributed by atoms with Crippen LogP contribution < -0.4 is 10.6 Å². The van der Waals surface area contributed by atoms with E-state index in [1.165, 1.54) is 43.5 Å². The number of hydrogen-bond acceptors (Lipinski definition) is 2. The Labute approximate surface area is 118 Å². The minimum Gasteiger partial charge on any atom is -0.385 e. The van der Waals surface area contributed by atoms with Gasteiger partial charge < -0.3 is 10.6 Å². The van der Waals surface area contributed by atoms with E-state index in [0.29, 0.717) is 0 Å². The van der Waals surface area contributed by atoms with Crippen LogP contribution in [-0.4, -0.2) is 19.1 Å². The largest absolute Gasteiger partial charge is 0.385 e. The molecule has 1 aliphatic rings. The highest BCUT2D eigenvalue weighted by Gasteiger charge is 2.13. The van der Waals surface area contributed by atoms with Crippen molar-refractivity contribution in [2.45, 2.75) is 57.9 Å². The minimum absolute atomic E-state index is 0.241. The summed E-state index contributed by atoms with van der Waals surface area (Å²) in [4.78, 5) is 0. The van der Waals surface area contributed by atoms with Crippen LogP contribution in [0.5, 0.6) is 0 Å². The van der Waals surface area contributed by atoms with Gasteiger partial charge >= 0.3 is 0 Å². The third-order valence-corrected chi connectivity index (χ3v) is 3.99. The van der Waals surface area contributed by atoms with Gasteiger partial charge in [0, 0.05) is 18.3 Å². The quantitative estimate of drug-likeness (QED) is 0.857. The van der Waals surface area contributed by atoms with E-state index in [9.17, 15) is 0 Å². The Hall–Kier alpha value is -1.02. The fourth-order valence-electron chi connectivity index (χ4n) is 2.65. The third-order valence-electron chi connectivity index (χ3n) is 3.99. The first-order chi connectivity index (χ1) is 9.05. The van der Waals surface area contributed by atoms with Gasteiger partial charge in [-0.25, -0.2) is 0 Å². The summed E-state index contributed by atoms with van der Waals surface area (Å²) in [5, 5.41) is 7.12. The molecule has 0 saturated carbocycles. The molecule has 0 spiro atoms. The molecule has 2 rings (SSSR count). The van der Waals surface area contributed by atoms with Gasteiger partial charge in [-0.2, -0.15) is 0 Å². The maximum absolute atomic E-state index is 3.59. The van der Waals surface area contributed by atoms with Gasteiger partial charge in [-0.3, -0.25) is 0 Å². The Balaban J connectivity index is 1.76. The number of nitrogens with one attached hydrogen (secondary N) is 2. The van der Waals surface area contributed by atoms with Crippen LogP contribution in [0.25, 0.3) is 0 Å². The standard InChI is InChI=1S/C17H28N2/c1-17(2,3)14-7-9-16(10-8-14)19-13-11-15-6-4-5-12-18-15/h7-10,15,18-19H,4-6,11-13H2,1-3H3. The molecule has 0 radical (unpaired) electrons. The monoisotopic (exact) mass is 260 g/mol. The van der Waals surface area contributed by atoms with Crippen molar-refractivity contribution in [3.63, 3.8) is 0 Å². The molecular formula is C17H28N2. The SMILES string of the molecule is CC(C)(C)c1ccc(NCCC2CCCCN2)cc1. The Morgan fingerprint density at radius 2 is 1.89 bits per heavy atom.